The summed E-state index contributed by atoms with van der Waals surface area (Å²) in [6.45, 7) is 7.30. The van der Waals surface area contributed by atoms with E-state index in [0.717, 1.165) is 38.9 Å². The maximum absolute atomic E-state index is 7.30. The highest BCUT2D eigenvalue weighted by Crippen LogP contribution is 2.33. The molecule has 0 bridgehead atoms. The smallest absolute Gasteiger partial charge is 0.187 e. The monoisotopic (exact) mass is 486 g/mol. The molecule has 0 amide bonds. The number of hydrogen-bond acceptors (Lipinski definition) is 3. The molecule has 0 aliphatic rings. The first kappa shape index (κ1) is 23.0. The van der Waals surface area contributed by atoms with Crippen LogP contribution in [0.1, 0.15) is 0 Å². The van der Waals surface area contributed by atoms with Gasteiger partial charge in [-0.1, -0.05) is 115 Å². The second-order valence-corrected chi connectivity index (χ2v) is 8.86. The van der Waals surface area contributed by atoms with Gasteiger partial charge in [0, 0.05) is 16.7 Å². The third-order valence-corrected chi connectivity index (χ3v) is 6.33. The predicted molar refractivity (Wildman–Crippen MR) is 153 cm³/mol. The Bertz CT molecular complexity index is 1680. The van der Waals surface area contributed by atoms with Gasteiger partial charge in [0.1, 0.15) is 0 Å². The first-order valence-corrected chi connectivity index (χ1v) is 12.3. The summed E-state index contributed by atoms with van der Waals surface area (Å²) in [6, 6.07) is 44.3. The topological polar surface area (TPSA) is 43.0 Å². The second kappa shape index (κ2) is 10.3. The molecule has 0 aliphatic heterocycles. The van der Waals surface area contributed by atoms with E-state index in [0.29, 0.717) is 23.2 Å². The maximum atomic E-state index is 7.30. The Kier molecular flexibility index (Phi) is 6.24. The van der Waals surface area contributed by atoms with Crippen LogP contribution in [-0.4, -0.2) is 15.0 Å². The molecule has 38 heavy (non-hydrogen) atoms. The van der Waals surface area contributed by atoms with Gasteiger partial charge in [-0.3, -0.25) is 0 Å². The largest absolute Gasteiger partial charge is 0.238 e. The average molecular weight is 487 g/mol. The van der Waals surface area contributed by atoms with Crippen LogP contribution < -0.4 is 0 Å². The van der Waals surface area contributed by atoms with Gasteiger partial charge in [0.05, 0.1) is 6.57 Å². The molecule has 0 radical (unpaired) electrons. The fourth-order valence-electron chi connectivity index (χ4n) is 4.39. The predicted octanol–water partition coefficient (Wildman–Crippen LogP) is 8.76. The van der Waals surface area contributed by atoms with Crippen molar-refractivity contribution in [1.82, 2.24) is 15.0 Å². The summed E-state index contributed by atoms with van der Waals surface area (Å²) in [6.07, 6.45) is 0. The molecule has 5 aromatic carbocycles. The lowest BCUT2D eigenvalue weighted by atomic mass is 9.95. The van der Waals surface area contributed by atoms with E-state index in [1.54, 1.807) is 0 Å². The molecular weight excluding hydrogens is 464 g/mol. The molecule has 4 nitrogen and oxygen atoms in total. The molecule has 0 saturated heterocycles. The third-order valence-electron chi connectivity index (χ3n) is 6.33. The summed E-state index contributed by atoms with van der Waals surface area (Å²) in [5.74, 6) is 1.86. The SMILES string of the molecule is [C-]#[N+]c1ccc(-c2cc(-c3ccccc3)cc(-c3nc(-c4ccccc4)nc(-c4ccccc4)n3)c2)cc1. The average Bonchev–Trinajstić information content (AvgIpc) is 3.02. The van der Waals surface area contributed by atoms with Gasteiger partial charge < -0.3 is 0 Å². The Morgan fingerprint density at radius 1 is 0.368 bits per heavy atom. The van der Waals surface area contributed by atoms with Crippen LogP contribution >= 0.6 is 0 Å². The molecule has 4 heteroatoms. The van der Waals surface area contributed by atoms with E-state index in [-0.39, 0.29) is 0 Å². The van der Waals surface area contributed by atoms with Crippen molar-refractivity contribution in [2.24, 2.45) is 0 Å². The van der Waals surface area contributed by atoms with E-state index < -0.39 is 0 Å². The molecule has 1 heterocycles. The van der Waals surface area contributed by atoms with Crippen molar-refractivity contribution in [2.75, 3.05) is 0 Å². The van der Waals surface area contributed by atoms with E-state index in [4.69, 9.17) is 21.5 Å². The highest BCUT2D eigenvalue weighted by molar-refractivity contribution is 5.80. The van der Waals surface area contributed by atoms with Crippen LogP contribution in [0.25, 0.3) is 61.3 Å². The van der Waals surface area contributed by atoms with Crippen LogP contribution in [0.3, 0.4) is 0 Å². The molecule has 0 N–H and O–H groups in total. The van der Waals surface area contributed by atoms with Crippen LogP contribution in [0.5, 0.6) is 0 Å². The minimum absolute atomic E-state index is 0.606. The highest BCUT2D eigenvalue weighted by Gasteiger charge is 2.14. The lowest BCUT2D eigenvalue weighted by Crippen LogP contribution is -2.00. The van der Waals surface area contributed by atoms with Crippen LogP contribution in [0, 0.1) is 6.57 Å². The van der Waals surface area contributed by atoms with Gasteiger partial charge in [-0.2, -0.15) is 0 Å². The highest BCUT2D eigenvalue weighted by atomic mass is 15.0. The summed E-state index contributed by atoms with van der Waals surface area (Å²) < 4.78 is 0. The van der Waals surface area contributed by atoms with Crippen LogP contribution in [0.15, 0.2) is 133 Å². The van der Waals surface area contributed by atoms with Crippen LogP contribution in [0.2, 0.25) is 0 Å². The maximum Gasteiger partial charge on any atom is 0.187 e. The van der Waals surface area contributed by atoms with Crippen molar-refractivity contribution in [1.29, 1.82) is 0 Å². The van der Waals surface area contributed by atoms with Gasteiger partial charge in [0.2, 0.25) is 0 Å². The molecule has 0 spiro atoms. The Labute approximate surface area is 221 Å². The molecule has 0 fully saturated rings. The van der Waals surface area contributed by atoms with Crippen molar-refractivity contribution < 1.29 is 0 Å². The van der Waals surface area contributed by atoms with Gasteiger partial charge >= 0.3 is 0 Å². The number of rotatable bonds is 5. The molecule has 0 saturated carbocycles. The van der Waals surface area contributed by atoms with E-state index in [1.807, 2.05) is 103 Å². The minimum Gasteiger partial charge on any atom is -0.238 e. The van der Waals surface area contributed by atoms with Gasteiger partial charge in [0.25, 0.3) is 0 Å². The molecule has 0 aliphatic carbocycles. The number of aromatic nitrogens is 3. The van der Waals surface area contributed by atoms with E-state index in [2.05, 4.69) is 35.2 Å². The lowest BCUT2D eigenvalue weighted by Gasteiger charge is -2.12. The van der Waals surface area contributed by atoms with Gasteiger partial charge in [-0.15, -0.1) is 0 Å². The zero-order valence-electron chi connectivity index (χ0n) is 20.5. The summed E-state index contributed by atoms with van der Waals surface area (Å²) in [7, 11) is 0. The first-order chi connectivity index (χ1) is 18.8. The second-order valence-electron chi connectivity index (χ2n) is 8.86. The normalized spacial score (nSPS) is 10.6. The quantitative estimate of drug-likeness (QED) is 0.229. The number of nitrogens with zero attached hydrogens (tertiary/aromatic N) is 4. The zero-order chi connectivity index (χ0) is 25.7. The van der Waals surface area contributed by atoms with E-state index in [1.165, 1.54) is 0 Å². The minimum atomic E-state index is 0.606. The van der Waals surface area contributed by atoms with Crippen molar-refractivity contribution in [3.05, 3.63) is 145 Å². The molecule has 6 rings (SSSR count). The molecule has 0 unspecified atom stereocenters. The van der Waals surface area contributed by atoms with E-state index >= 15 is 0 Å². The Balaban J connectivity index is 1.57. The third kappa shape index (κ3) is 4.82. The fraction of sp³-hybridized carbons (Fsp3) is 0. The Hall–Kier alpha value is -5.40. The fourth-order valence-corrected chi connectivity index (χ4v) is 4.39. The van der Waals surface area contributed by atoms with Gasteiger partial charge in [0.15, 0.2) is 23.2 Å². The van der Waals surface area contributed by atoms with Crippen molar-refractivity contribution in [2.45, 2.75) is 0 Å². The van der Waals surface area contributed by atoms with E-state index in [9.17, 15) is 0 Å². The van der Waals surface area contributed by atoms with Crippen molar-refractivity contribution in [3.63, 3.8) is 0 Å². The van der Waals surface area contributed by atoms with Crippen molar-refractivity contribution >= 4 is 5.69 Å². The standard InChI is InChI=1S/C34H22N4/c1-35-31-19-17-25(18-20-31)29-21-28(24-11-5-2-6-12-24)22-30(23-29)34-37-32(26-13-7-3-8-14-26)36-33(38-34)27-15-9-4-10-16-27/h2-23H. The molecule has 178 valence electrons. The number of benzene rings is 5. The van der Waals surface area contributed by atoms with Crippen LogP contribution in [0.4, 0.5) is 5.69 Å². The number of hydrogen-bond donors (Lipinski definition) is 0. The molecule has 6 aromatic rings. The summed E-state index contributed by atoms with van der Waals surface area (Å²) in [5.41, 5.74) is 7.60. The van der Waals surface area contributed by atoms with Crippen LogP contribution in [-0.2, 0) is 0 Å². The lowest BCUT2D eigenvalue weighted by molar-refractivity contribution is 1.07. The summed E-state index contributed by atoms with van der Waals surface area (Å²) in [4.78, 5) is 18.2. The molecule has 0 atom stereocenters. The zero-order valence-corrected chi connectivity index (χ0v) is 20.5. The summed E-state index contributed by atoms with van der Waals surface area (Å²) in [5, 5.41) is 0. The first-order valence-electron chi connectivity index (χ1n) is 12.3. The van der Waals surface area contributed by atoms with Crippen molar-refractivity contribution in [3.8, 4) is 56.4 Å². The molecular formula is C34H22N4. The van der Waals surface area contributed by atoms with Gasteiger partial charge in [-0.05, 0) is 40.5 Å². The Morgan fingerprint density at radius 2 is 0.737 bits per heavy atom. The summed E-state index contributed by atoms with van der Waals surface area (Å²) >= 11 is 0. The van der Waals surface area contributed by atoms with Gasteiger partial charge in [-0.25, -0.2) is 19.8 Å². The Morgan fingerprint density at radius 3 is 1.18 bits per heavy atom. The molecule has 1 aromatic heterocycles.